The van der Waals surface area contributed by atoms with Crippen LogP contribution in [0.25, 0.3) is 71.6 Å². The highest BCUT2D eigenvalue weighted by molar-refractivity contribution is 9.10. The Hall–Kier alpha value is -4.60. The van der Waals surface area contributed by atoms with Gasteiger partial charge >= 0.3 is 0 Å². The van der Waals surface area contributed by atoms with E-state index in [0.29, 0.717) is 0 Å². The Kier molecular flexibility index (Phi) is 5.01. The Bertz CT molecular complexity index is 2170. The SMILES string of the molecule is Brc1cccc2c1[nH]c1c(-c3ccc4c(c3)c3cc(-c5ccccc5)ccc3n4-c3ccccc3)cccc12. The third-order valence-electron chi connectivity index (χ3n) is 7.82. The lowest BCUT2D eigenvalue weighted by Gasteiger charge is -2.09. The average Bonchev–Trinajstić information content (AvgIpc) is 3.54. The van der Waals surface area contributed by atoms with Gasteiger partial charge in [0.05, 0.1) is 22.1 Å². The van der Waals surface area contributed by atoms with Gasteiger partial charge in [0.15, 0.2) is 0 Å². The predicted octanol–water partition coefficient (Wildman–Crippen LogP) is 10.5. The second-order valence-electron chi connectivity index (χ2n) is 10.0. The molecule has 0 aliphatic carbocycles. The van der Waals surface area contributed by atoms with Crippen LogP contribution in [0.3, 0.4) is 0 Å². The molecule has 2 nitrogen and oxygen atoms in total. The molecule has 0 radical (unpaired) electrons. The molecule has 0 aliphatic rings. The van der Waals surface area contributed by atoms with Crippen LogP contribution in [0.4, 0.5) is 0 Å². The van der Waals surface area contributed by atoms with Crippen LogP contribution in [0, 0.1) is 0 Å². The summed E-state index contributed by atoms with van der Waals surface area (Å²) in [6, 6.07) is 48.0. The van der Waals surface area contributed by atoms with Crippen LogP contribution in [0.15, 0.2) is 138 Å². The Labute approximate surface area is 234 Å². The van der Waals surface area contributed by atoms with Crippen molar-refractivity contribution in [3.8, 4) is 27.9 Å². The second-order valence-corrected chi connectivity index (χ2v) is 10.9. The summed E-state index contributed by atoms with van der Waals surface area (Å²) in [5, 5.41) is 4.97. The molecule has 0 aliphatic heterocycles. The highest BCUT2D eigenvalue weighted by atomic mass is 79.9. The zero-order chi connectivity index (χ0) is 25.9. The lowest BCUT2D eigenvalue weighted by Crippen LogP contribution is -1.93. The average molecular weight is 563 g/mol. The van der Waals surface area contributed by atoms with Gasteiger partial charge in [-0.2, -0.15) is 0 Å². The lowest BCUT2D eigenvalue weighted by atomic mass is 9.99. The minimum absolute atomic E-state index is 1.08. The van der Waals surface area contributed by atoms with E-state index >= 15 is 0 Å². The van der Waals surface area contributed by atoms with Crippen LogP contribution in [-0.2, 0) is 0 Å². The van der Waals surface area contributed by atoms with Crippen molar-refractivity contribution in [3.05, 3.63) is 138 Å². The van der Waals surface area contributed by atoms with Gasteiger partial charge in [-0.25, -0.2) is 0 Å². The maximum absolute atomic E-state index is 3.73. The summed E-state index contributed by atoms with van der Waals surface area (Å²) in [5.41, 5.74) is 10.7. The van der Waals surface area contributed by atoms with Gasteiger partial charge in [-0.15, -0.1) is 0 Å². The molecule has 2 aromatic heterocycles. The Morgan fingerprint density at radius 3 is 1.82 bits per heavy atom. The molecule has 0 bridgehead atoms. The van der Waals surface area contributed by atoms with E-state index in [1.54, 1.807) is 0 Å². The standard InChI is InChI=1S/C36H23BrN2/c37-32-16-8-15-29-28-14-7-13-27(35(28)38-36(29)32)25-18-20-34-31(22-25)30-21-24(23-9-3-1-4-10-23)17-19-33(30)39(34)26-11-5-2-6-12-26/h1-22,38H. The number of aromatic nitrogens is 2. The molecular formula is C36H23BrN2. The van der Waals surface area contributed by atoms with E-state index in [-0.39, 0.29) is 0 Å². The van der Waals surface area contributed by atoms with Gasteiger partial charge in [-0.05, 0) is 75.1 Å². The van der Waals surface area contributed by atoms with Crippen molar-refractivity contribution in [1.82, 2.24) is 9.55 Å². The van der Waals surface area contributed by atoms with Gasteiger partial charge < -0.3 is 9.55 Å². The number of nitrogens with zero attached hydrogens (tertiary/aromatic N) is 1. The number of hydrogen-bond donors (Lipinski definition) is 1. The number of halogens is 1. The van der Waals surface area contributed by atoms with E-state index < -0.39 is 0 Å². The van der Waals surface area contributed by atoms with Gasteiger partial charge in [0.25, 0.3) is 0 Å². The van der Waals surface area contributed by atoms with E-state index in [2.05, 4.69) is 159 Å². The van der Waals surface area contributed by atoms with Crippen LogP contribution in [0.2, 0.25) is 0 Å². The molecule has 6 aromatic carbocycles. The first-order valence-corrected chi connectivity index (χ1v) is 13.9. The van der Waals surface area contributed by atoms with E-state index in [1.165, 1.54) is 60.5 Å². The molecule has 0 atom stereocenters. The summed E-state index contributed by atoms with van der Waals surface area (Å²) < 4.78 is 3.46. The van der Waals surface area contributed by atoms with Gasteiger partial charge in [0.2, 0.25) is 0 Å². The number of fused-ring (bicyclic) bond motifs is 6. The van der Waals surface area contributed by atoms with Crippen molar-refractivity contribution >= 4 is 59.5 Å². The summed E-state index contributed by atoms with van der Waals surface area (Å²) in [6.07, 6.45) is 0. The molecule has 3 heteroatoms. The number of hydrogen-bond acceptors (Lipinski definition) is 0. The molecule has 2 heterocycles. The molecule has 39 heavy (non-hydrogen) atoms. The zero-order valence-electron chi connectivity index (χ0n) is 21.0. The van der Waals surface area contributed by atoms with E-state index in [9.17, 15) is 0 Å². The fraction of sp³-hybridized carbons (Fsp3) is 0. The first-order valence-electron chi connectivity index (χ1n) is 13.1. The fourth-order valence-corrected chi connectivity index (χ4v) is 6.47. The van der Waals surface area contributed by atoms with Gasteiger partial charge in [-0.1, -0.05) is 91.0 Å². The maximum atomic E-state index is 3.73. The number of aromatic amines is 1. The monoisotopic (exact) mass is 562 g/mol. The molecule has 8 aromatic rings. The van der Waals surface area contributed by atoms with Crippen LogP contribution in [-0.4, -0.2) is 9.55 Å². The summed E-state index contributed by atoms with van der Waals surface area (Å²) in [5.74, 6) is 0. The normalized spacial score (nSPS) is 11.7. The Balaban J connectivity index is 1.42. The highest BCUT2D eigenvalue weighted by Gasteiger charge is 2.16. The smallest absolute Gasteiger partial charge is 0.0609 e. The third-order valence-corrected chi connectivity index (χ3v) is 8.48. The van der Waals surface area contributed by atoms with Crippen LogP contribution in [0.1, 0.15) is 0 Å². The first-order chi connectivity index (χ1) is 19.3. The first kappa shape index (κ1) is 22.4. The molecular weight excluding hydrogens is 540 g/mol. The summed E-state index contributed by atoms with van der Waals surface area (Å²) in [4.78, 5) is 3.71. The van der Waals surface area contributed by atoms with Crippen molar-refractivity contribution in [2.45, 2.75) is 0 Å². The van der Waals surface area contributed by atoms with Gasteiger partial charge in [0.1, 0.15) is 0 Å². The number of H-pyrrole nitrogens is 1. The summed E-state index contributed by atoms with van der Waals surface area (Å²) in [6.45, 7) is 0. The maximum Gasteiger partial charge on any atom is 0.0609 e. The molecule has 0 amide bonds. The molecule has 184 valence electrons. The Morgan fingerprint density at radius 2 is 1.08 bits per heavy atom. The Morgan fingerprint density at radius 1 is 0.462 bits per heavy atom. The van der Waals surface area contributed by atoms with Gasteiger partial charge in [-0.3, -0.25) is 0 Å². The summed E-state index contributed by atoms with van der Waals surface area (Å²) >= 11 is 3.73. The quantitative estimate of drug-likeness (QED) is 0.221. The van der Waals surface area contributed by atoms with Crippen LogP contribution < -0.4 is 0 Å². The van der Waals surface area contributed by atoms with Crippen molar-refractivity contribution < 1.29 is 0 Å². The van der Waals surface area contributed by atoms with Gasteiger partial charge in [0, 0.05) is 37.3 Å². The van der Waals surface area contributed by atoms with Crippen molar-refractivity contribution in [3.63, 3.8) is 0 Å². The molecule has 0 saturated carbocycles. The minimum atomic E-state index is 1.08. The molecule has 0 fully saturated rings. The molecule has 8 rings (SSSR count). The lowest BCUT2D eigenvalue weighted by molar-refractivity contribution is 1.18. The minimum Gasteiger partial charge on any atom is -0.353 e. The topological polar surface area (TPSA) is 20.7 Å². The fourth-order valence-electron chi connectivity index (χ4n) is 6.01. The van der Waals surface area contributed by atoms with E-state index in [4.69, 9.17) is 0 Å². The molecule has 0 unspecified atom stereocenters. The number of benzene rings is 6. The second kappa shape index (κ2) is 8.72. The molecule has 0 spiro atoms. The van der Waals surface area contributed by atoms with Crippen molar-refractivity contribution in [2.75, 3.05) is 0 Å². The summed E-state index contributed by atoms with van der Waals surface area (Å²) in [7, 11) is 0. The number of rotatable bonds is 3. The van der Waals surface area contributed by atoms with Crippen LogP contribution in [0.5, 0.6) is 0 Å². The van der Waals surface area contributed by atoms with E-state index in [1.807, 2.05) is 0 Å². The molecule has 0 saturated heterocycles. The highest BCUT2D eigenvalue weighted by Crippen LogP contribution is 2.40. The molecule has 1 N–H and O–H groups in total. The third kappa shape index (κ3) is 3.47. The van der Waals surface area contributed by atoms with Crippen molar-refractivity contribution in [1.29, 1.82) is 0 Å². The van der Waals surface area contributed by atoms with Crippen molar-refractivity contribution in [2.24, 2.45) is 0 Å². The number of nitrogens with one attached hydrogen (secondary N) is 1. The zero-order valence-corrected chi connectivity index (χ0v) is 22.6. The van der Waals surface area contributed by atoms with Crippen LogP contribution >= 0.6 is 15.9 Å². The predicted molar refractivity (Wildman–Crippen MR) is 169 cm³/mol. The number of para-hydroxylation sites is 3. The largest absolute Gasteiger partial charge is 0.353 e. The van der Waals surface area contributed by atoms with E-state index in [0.717, 1.165) is 15.5 Å².